The van der Waals surface area contributed by atoms with Gasteiger partial charge in [-0.25, -0.2) is 0 Å². The number of carbonyl (C=O) groups excluding carboxylic acids is 1. The van der Waals surface area contributed by atoms with Crippen LogP contribution in [-0.4, -0.2) is 34.9 Å². The fourth-order valence-corrected chi connectivity index (χ4v) is 6.25. The van der Waals surface area contributed by atoms with E-state index in [1.165, 1.54) is 167 Å². The minimum Gasteiger partial charge on any atom is -0.394 e. The standard InChI is InChI=1S/C42H81NO3/c1-3-5-7-9-11-12-13-14-15-16-17-18-19-20-21-22-23-24-25-26-27-28-29-30-31-32-33-35-37-41(45)40(39-44)43-42(46)38-36-34-10-8-6-4-2/h30-31,35,37,40-41,44-45H,3-29,32-34,36,38-39H2,1-2H3,(H,43,46)/b31-30+,37-35+. The predicted octanol–water partition coefficient (Wildman–Crippen LogP) is 12.5. The van der Waals surface area contributed by atoms with Crippen molar-refractivity contribution in [3.8, 4) is 0 Å². The molecule has 0 aliphatic carbocycles. The lowest BCUT2D eigenvalue weighted by molar-refractivity contribution is -0.123. The molecule has 3 N–H and O–H groups in total. The summed E-state index contributed by atoms with van der Waals surface area (Å²) in [6.45, 7) is 4.24. The van der Waals surface area contributed by atoms with Crippen LogP contribution in [0.1, 0.15) is 219 Å². The Morgan fingerprint density at radius 2 is 0.848 bits per heavy atom. The first-order chi connectivity index (χ1) is 22.7. The highest BCUT2D eigenvalue weighted by Gasteiger charge is 2.17. The van der Waals surface area contributed by atoms with Crippen molar-refractivity contribution in [1.29, 1.82) is 0 Å². The Morgan fingerprint density at radius 3 is 1.26 bits per heavy atom. The number of hydrogen-bond acceptors (Lipinski definition) is 3. The van der Waals surface area contributed by atoms with E-state index in [0.29, 0.717) is 6.42 Å². The van der Waals surface area contributed by atoms with Crippen LogP contribution in [0.15, 0.2) is 24.3 Å². The van der Waals surface area contributed by atoms with Crippen molar-refractivity contribution >= 4 is 5.91 Å². The normalized spacial score (nSPS) is 13.2. The molecule has 0 aliphatic heterocycles. The topological polar surface area (TPSA) is 69.6 Å². The number of aliphatic hydroxyl groups is 2. The zero-order valence-electron chi connectivity index (χ0n) is 31.1. The van der Waals surface area contributed by atoms with E-state index >= 15 is 0 Å². The number of allylic oxidation sites excluding steroid dienone is 3. The van der Waals surface area contributed by atoms with Gasteiger partial charge in [0.15, 0.2) is 0 Å². The van der Waals surface area contributed by atoms with Crippen LogP contribution in [0, 0.1) is 0 Å². The van der Waals surface area contributed by atoms with Crippen molar-refractivity contribution in [3.63, 3.8) is 0 Å². The van der Waals surface area contributed by atoms with Crippen molar-refractivity contribution in [3.05, 3.63) is 24.3 Å². The molecule has 0 aromatic carbocycles. The summed E-state index contributed by atoms with van der Waals surface area (Å²) in [5, 5.41) is 22.7. The Labute approximate surface area is 288 Å². The molecule has 2 atom stereocenters. The van der Waals surface area contributed by atoms with Gasteiger partial charge in [-0.2, -0.15) is 0 Å². The van der Waals surface area contributed by atoms with E-state index in [1.54, 1.807) is 6.08 Å². The van der Waals surface area contributed by atoms with E-state index in [4.69, 9.17) is 0 Å². The Balaban J connectivity index is 3.46. The van der Waals surface area contributed by atoms with E-state index in [2.05, 4.69) is 31.3 Å². The highest BCUT2D eigenvalue weighted by atomic mass is 16.3. The first kappa shape index (κ1) is 44.9. The second-order valence-electron chi connectivity index (χ2n) is 14.1. The first-order valence-corrected chi connectivity index (χ1v) is 20.6. The summed E-state index contributed by atoms with van der Waals surface area (Å²) in [5.41, 5.74) is 0. The Kier molecular flexibility index (Phi) is 37.4. The SMILES string of the molecule is CCCCCCCCCCCCCCCCCCCCCCCC/C=C/CC/C=C/C(O)C(CO)NC(=O)CCCCCCCC. The number of rotatable bonds is 37. The van der Waals surface area contributed by atoms with Gasteiger partial charge in [0.25, 0.3) is 0 Å². The van der Waals surface area contributed by atoms with E-state index < -0.39 is 12.1 Å². The molecule has 0 aromatic heterocycles. The summed E-state index contributed by atoms with van der Waals surface area (Å²) in [6.07, 6.45) is 48.9. The molecule has 2 unspecified atom stereocenters. The average Bonchev–Trinajstić information content (AvgIpc) is 3.06. The van der Waals surface area contributed by atoms with Crippen molar-refractivity contribution in [2.24, 2.45) is 0 Å². The summed E-state index contributed by atoms with van der Waals surface area (Å²) >= 11 is 0. The molecule has 1 amide bonds. The third-order valence-corrected chi connectivity index (χ3v) is 9.44. The molecule has 0 spiro atoms. The van der Waals surface area contributed by atoms with Gasteiger partial charge in [-0.3, -0.25) is 4.79 Å². The largest absolute Gasteiger partial charge is 0.394 e. The van der Waals surface area contributed by atoms with Gasteiger partial charge in [0, 0.05) is 6.42 Å². The zero-order chi connectivity index (χ0) is 33.6. The van der Waals surface area contributed by atoms with E-state index in [1.807, 2.05) is 6.08 Å². The molecule has 0 heterocycles. The maximum absolute atomic E-state index is 12.1. The van der Waals surface area contributed by atoms with E-state index in [9.17, 15) is 15.0 Å². The number of carbonyl (C=O) groups is 1. The summed E-state index contributed by atoms with van der Waals surface area (Å²) in [6, 6.07) is -0.631. The van der Waals surface area contributed by atoms with Crippen LogP contribution in [0.3, 0.4) is 0 Å². The monoisotopic (exact) mass is 648 g/mol. The molecule has 272 valence electrons. The number of nitrogens with one attached hydrogen (secondary N) is 1. The lowest BCUT2D eigenvalue weighted by Crippen LogP contribution is -2.45. The molecule has 0 rings (SSSR count). The van der Waals surface area contributed by atoms with Crippen LogP contribution < -0.4 is 5.32 Å². The average molecular weight is 648 g/mol. The van der Waals surface area contributed by atoms with Gasteiger partial charge >= 0.3 is 0 Å². The van der Waals surface area contributed by atoms with Crippen molar-refractivity contribution < 1.29 is 15.0 Å². The lowest BCUT2D eigenvalue weighted by Gasteiger charge is -2.19. The molecule has 0 saturated heterocycles. The fraction of sp³-hybridized carbons (Fsp3) is 0.881. The van der Waals surface area contributed by atoms with Gasteiger partial charge in [-0.15, -0.1) is 0 Å². The second-order valence-corrected chi connectivity index (χ2v) is 14.1. The first-order valence-electron chi connectivity index (χ1n) is 20.6. The minimum absolute atomic E-state index is 0.0830. The third kappa shape index (κ3) is 34.2. The van der Waals surface area contributed by atoms with Crippen molar-refractivity contribution in [2.75, 3.05) is 6.61 Å². The molecule has 0 fully saturated rings. The Bertz CT molecular complexity index is 661. The summed E-state index contributed by atoms with van der Waals surface area (Å²) < 4.78 is 0. The molecule has 4 heteroatoms. The summed E-state index contributed by atoms with van der Waals surface area (Å²) in [7, 11) is 0. The predicted molar refractivity (Wildman–Crippen MR) is 202 cm³/mol. The lowest BCUT2D eigenvalue weighted by atomic mass is 10.0. The van der Waals surface area contributed by atoms with Gasteiger partial charge in [-0.05, 0) is 32.1 Å². The van der Waals surface area contributed by atoms with Crippen LogP contribution >= 0.6 is 0 Å². The number of hydrogen-bond donors (Lipinski definition) is 3. The van der Waals surface area contributed by atoms with E-state index in [-0.39, 0.29) is 12.5 Å². The molecular formula is C42H81NO3. The molecule has 4 nitrogen and oxygen atoms in total. The van der Waals surface area contributed by atoms with Gasteiger partial charge in [0.2, 0.25) is 5.91 Å². The molecule has 0 radical (unpaired) electrons. The molecular weight excluding hydrogens is 566 g/mol. The maximum Gasteiger partial charge on any atom is 0.220 e. The van der Waals surface area contributed by atoms with Gasteiger partial charge in [0.1, 0.15) is 0 Å². The smallest absolute Gasteiger partial charge is 0.220 e. The Morgan fingerprint density at radius 1 is 0.500 bits per heavy atom. The fourth-order valence-electron chi connectivity index (χ4n) is 6.25. The van der Waals surface area contributed by atoms with Gasteiger partial charge < -0.3 is 15.5 Å². The van der Waals surface area contributed by atoms with Crippen molar-refractivity contribution in [2.45, 2.75) is 231 Å². The molecule has 0 saturated carbocycles. The van der Waals surface area contributed by atoms with Crippen molar-refractivity contribution in [1.82, 2.24) is 5.32 Å². The van der Waals surface area contributed by atoms with Gasteiger partial charge in [-0.1, -0.05) is 205 Å². The number of unbranched alkanes of at least 4 members (excludes halogenated alkanes) is 28. The molecule has 0 bridgehead atoms. The van der Waals surface area contributed by atoms with Gasteiger partial charge in [0.05, 0.1) is 18.8 Å². The highest BCUT2D eigenvalue weighted by Crippen LogP contribution is 2.16. The maximum atomic E-state index is 12.1. The van der Waals surface area contributed by atoms with Crippen LogP contribution in [0.4, 0.5) is 0 Å². The number of aliphatic hydroxyl groups excluding tert-OH is 2. The third-order valence-electron chi connectivity index (χ3n) is 9.44. The van der Waals surface area contributed by atoms with Crippen LogP contribution in [0.5, 0.6) is 0 Å². The van der Waals surface area contributed by atoms with Crippen LogP contribution in [0.2, 0.25) is 0 Å². The molecule has 0 aromatic rings. The molecule has 0 aliphatic rings. The zero-order valence-corrected chi connectivity index (χ0v) is 31.1. The van der Waals surface area contributed by atoms with Crippen LogP contribution in [-0.2, 0) is 4.79 Å². The highest BCUT2D eigenvalue weighted by molar-refractivity contribution is 5.76. The second kappa shape index (κ2) is 38.3. The van der Waals surface area contributed by atoms with Crippen LogP contribution in [0.25, 0.3) is 0 Å². The molecule has 46 heavy (non-hydrogen) atoms. The quantitative estimate of drug-likeness (QED) is 0.0464. The van der Waals surface area contributed by atoms with E-state index in [0.717, 1.165) is 32.1 Å². The minimum atomic E-state index is -0.855. The Hall–Kier alpha value is -1.13. The number of amides is 1. The summed E-state index contributed by atoms with van der Waals surface area (Å²) in [4.78, 5) is 12.1. The summed E-state index contributed by atoms with van der Waals surface area (Å²) in [5.74, 6) is -0.0830.